The van der Waals surface area contributed by atoms with Crippen LogP contribution in [-0.2, 0) is 4.79 Å². The van der Waals surface area contributed by atoms with Gasteiger partial charge in [-0.3, -0.25) is 4.79 Å². The molecule has 1 aliphatic heterocycles. The summed E-state index contributed by atoms with van der Waals surface area (Å²) in [6.07, 6.45) is 3.29. The summed E-state index contributed by atoms with van der Waals surface area (Å²) in [5, 5.41) is 2.80. The zero-order valence-corrected chi connectivity index (χ0v) is 13.4. The van der Waals surface area contributed by atoms with Crippen LogP contribution >= 0.6 is 27.3 Å². The number of amides is 1. The lowest BCUT2D eigenvalue weighted by Gasteiger charge is -2.18. The molecular formula is C15H12BrNO3S. The molecule has 0 saturated heterocycles. The van der Waals surface area contributed by atoms with Crippen LogP contribution in [0, 0.1) is 0 Å². The molecule has 0 spiro atoms. The highest BCUT2D eigenvalue weighted by Gasteiger charge is 2.12. The zero-order chi connectivity index (χ0) is 14.7. The monoisotopic (exact) mass is 365 g/mol. The van der Waals surface area contributed by atoms with E-state index in [2.05, 4.69) is 21.2 Å². The number of nitrogens with one attached hydrogen (secondary N) is 1. The van der Waals surface area contributed by atoms with Gasteiger partial charge in [0.25, 0.3) is 0 Å². The molecule has 1 aromatic carbocycles. The Hall–Kier alpha value is -1.79. The highest BCUT2D eigenvalue weighted by molar-refractivity contribution is 9.11. The minimum Gasteiger partial charge on any atom is -0.486 e. The van der Waals surface area contributed by atoms with Gasteiger partial charge in [-0.25, -0.2) is 0 Å². The third kappa shape index (κ3) is 3.65. The van der Waals surface area contributed by atoms with Gasteiger partial charge in [0, 0.05) is 22.7 Å². The molecule has 0 bridgehead atoms. The number of hydrogen-bond donors (Lipinski definition) is 1. The van der Waals surface area contributed by atoms with E-state index in [9.17, 15) is 4.79 Å². The highest BCUT2D eigenvalue weighted by atomic mass is 79.9. The number of ether oxygens (including phenoxy) is 2. The van der Waals surface area contributed by atoms with Crippen LogP contribution in [0.3, 0.4) is 0 Å². The van der Waals surface area contributed by atoms with Crippen molar-refractivity contribution in [3.8, 4) is 11.5 Å². The van der Waals surface area contributed by atoms with Gasteiger partial charge in [0.15, 0.2) is 11.5 Å². The molecule has 0 atom stereocenters. The topological polar surface area (TPSA) is 47.6 Å². The summed E-state index contributed by atoms with van der Waals surface area (Å²) in [6, 6.07) is 9.25. The maximum absolute atomic E-state index is 11.9. The lowest BCUT2D eigenvalue weighted by atomic mass is 10.2. The number of carbonyl (C=O) groups excluding carboxylic acids is 1. The fraction of sp³-hybridized carbons (Fsp3) is 0.133. The Morgan fingerprint density at radius 2 is 2.00 bits per heavy atom. The molecule has 0 saturated carbocycles. The van der Waals surface area contributed by atoms with Crippen LogP contribution in [0.5, 0.6) is 11.5 Å². The largest absolute Gasteiger partial charge is 0.486 e. The number of benzene rings is 1. The molecule has 2 heterocycles. The van der Waals surface area contributed by atoms with Crippen LogP contribution in [0.2, 0.25) is 0 Å². The standard InChI is InChI=1S/C15H12BrNO3S/c16-14-5-2-11(21-14)3-6-15(18)17-10-1-4-12-13(9-10)20-8-7-19-12/h1-6,9H,7-8H2,(H,17,18)/b6-3+. The molecule has 0 aliphatic carbocycles. The Bertz CT molecular complexity index is 696. The predicted molar refractivity (Wildman–Crippen MR) is 87.1 cm³/mol. The average molecular weight is 366 g/mol. The molecule has 1 amide bonds. The molecular weight excluding hydrogens is 354 g/mol. The first-order valence-electron chi connectivity index (χ1n) is 6.35. The van der Waals surface area contributed by atoms with Crippen LogP contribution in [0.4, 0.5) is 5.69 Å². The summed E-state index contributed by atoms with van der Waals surface area (Å²) in [7, 11) is 0. The molecule has 0 fully saturated rings. The second-order valence-corrected chi connectivity index (χ2v) is 6.82. The third-order valence-electron chi connectivity index (χ3n) is 2.80. The van der Waals surface area contributed by atoms with E-state index in [1.807, 2.05) is 12.1 Å². The fourth-order valence-electron chi connectivity index (χ4n) is 1.88. The smallest absolute Gasteiger partial charge is 0.248 e. The van der Waals surface area contributed by atoms with Gasteiger partial charge in [0.05, 0.1) is 3.79 Å². The number of carbonyl (C=O) groups is 1. The van der Waals surface area contributed by atoms with Gasteiger partial charge in [-0.15, -0.1) is 11.3 Å². The van der Waals surface area contributed by atoms with Crippen molar-refractivity contribution in [3.05, 3.63) is 45.1 Å². The van der Waals surface area contributed by atoms with Crippen molar-refractivity contribution in [1.29, 1.82) is 0 Å². The average Bonchev–Trinajstić information content (AvgIpc) is 2.91. The van der Waals surface area contributed by atoms with E-state index >= 15 is 0 Å². The number of fused-ring (bicyclic) bond motifs is 1. The molecule has 4 nitrogen and oxygen atoms in total. The Morgan fingerprint density at radius 1 is 1.19 bits per heavy atom. The Balaban J connectivity index is 1.66. The van der Waals surface area contributed by atoms with Crippen LogP contribution < -0.4 is 14.8 Å². The first-order chi connectivity index (χ1) is 10.2. The second-order valence-electron chi connectivity index (χ2n) is 4.32. The molecule has 108 valence electrons. The van der Waals surface area contributed by atoms with Crippen molar-refractivity contribution in [3.63, 3.8) is 0 Å². The summed E-state index contributed by atoms with van der Waals surface area (Å²) in [6.45, 7) is 1.08. The van der Waals surface area contributed by atoms with Crippen LogP contribution in [0.25, 0.3) is 6.08 Å². The molecule has 1 N–H and O–H groups in total. The summed E-state index contributed by atoms with van der Waals surface area (Å²) in [5.74, 6) is 1.18. The minimum atomic E-state index is -0.184. The van der Waals surface area contributed by atoms with Crippen LogP contribution in [0.1, 0.15) is 4.88 Å². The van der Waals surface area contributed by atoms with E-state index in [4.69, 9.17) is 9.47 Å². The van der Waals surface area contributed by atoms with Crippen molar-refractivity contribution in [2.75, 3.05) is 18.5 Å². The molecule has 21 heavy (non-hydrogen) atoms. The molecule has 2 aromatic rings. The molecule has 1 aliphatic rings. The maximum atomic E-state index is 11.9. The number of hydrogen-bond acceptors (Lipinski definition) is 4. The number of anilines is 1. The van der Waals surface area contributed by atoms with Crippen molar-refractivity contribution in [2.45, 2.75) is 0 Å². The first kappa shape index (κ1) is 14.2. The van der Waals surface area contributed by atoms with Gasteiger partial charge in [-0.05, 0) is 46.3 Å². The Labute approximate surface area is 134 Å². The number of halogens is 1. The summed E-state index contributed by atoms with van der Waals surface area (Å²) < 4.78 is 12.0. The van der Waals surface area contributed by atoms with Gasteiger partial charge < -0.3 is 14.8 Å². The SMILES string of the molecule is O=C(/C=C/c1ccc(Br)s1)Nc1ccc2c(c1)OCCO2. The molecule has 0 radical (unpaired) electrons. The second kappa shape index (κ2) is 6.32. The maximum Gasteiger partial charge on any atom is 0.248 e. The number of thiophene rings is 1. The molecule has 0 unspecified atom stereocenters. The van der Waals surface area contributed by atoms with Crippen molar-refractivity contribution >= 4 is 44.9 Å². The van der Waals surface area contributed by atoms with E-state index in [-0.39, 0.29) is 5.91 Å². The van der Waals surface area contributed by atoms with Gasteiger partial charge in [-0.2, -0.15) is 0 Å². The Morgan fingerprint density at radius 3 is 2.76 bits per heavy atom. The lowest BCUT2D eigenvalue weighted by molar-refractivity contribution is -0.111. The fourth-order valence-corrected chi connectivity index (χ4v) is 3.21. The normalized spacial score (nSPS) is 13.4. The highest BCUT2D eigenvalue weighted by Crippen LogP contribution is 2.32. The van der Waals surface area contributed by atoms with E-state index in [0.717, 1.165) is 8.66 Å². The summed E-state index contributed by atoms with van der Waals surface area (Å²) >= 11 is 4.95. The van der Waals surface area contributed by atoms with Gasteiger partial charge in [0.2, 0.25) is 5.91 Å². The third-order valence-corrected chi connectivity index (χ3v) is 4.39. The summed E-state index contributed by atoms with van der Waals surface area (Å²) in [5.41, 5.74) is 0.682. The van der Waals surface area contributed by atoms with Crippen LogP contribution in [0.15, 0.2) is 40.2 Å². The predicted octanol–water partition coefficient (Wildman–Crippen LogP) is 3.93. The first-order valence-corrected chi connectivity index (χ1v) is 7.96. The van der Waals surface area contributed by atoms with Gasteiger partial charge in [-0.1, -0.05) is 0 Å². The van der Waals surface area contributed by atoms with E-state index in [1.165, 1.54) is 6.08 Å². The van der Waals surface area contributed by atoms with Crippen molar-refractivity contribution < 1.29 is 14.3 Å². The van der Waals surface area contributed by atoms with Crippen LogP contribution in [-0.4, -0.2) is 19.1 Å². The van der Waals surface area contributed by atoms with E-state index < -0.39 is 0 Å². The molecule has 1 aromatic heterocycles. The van der Waals surface area contributed by atoms with Crippen molar-refractivity contribution in [1.82, 2.24) is 0 Å². The molecule has 6 heteroatoms. The van der Waals surface area contributed by atoms with Gasteiger partial charge in [0.1, 0.15) is 13.2 Å². The van der Waals surface area contributed by atoms with E-state index in [1.54, 1.807) is 35.6 Å². The Kier molecular flexibility index (Phi) is 4.26. The minimum absolute atomic E-state index is 0.184. The molecule has 3 rings (SSSR count). The van der Waals surface area contributed by atoms with Crippen molar-refractivity contribution in [2.24, 2.45) is 0 Å². The lowest BCUT2D eigenvalue weighted by Crippen LogP contribution is -2.16. The zero-order valence-electron chi connectivity index (χ0n) is 11.0. The number of rotatable bonds is 3. The van der Waals surface area contributed by atoms with Gasteiger partial charge >= 0.3 is 0 Å². The quantitative estimate of drug-likeness (QED) is 0.838. The summed E-state index contributed by atoms with van der Waals surface area (Å²) in [4.78, 5) is 12.9. The van der Waals surface area contributed by atoms with E-state index in [0.29, 0.717) is 30.4 Å².